The van der Waals surface area contributed by atoms with E-state index in [9.17, 15) is 0 Å². The van der Waals surface area contributed by atoms with Gasteiger partial charge in [-0.05, 0) is 24.1 Å². The van der Waals surface area contributed by atoms with Gasteiger partial charge in [0.25, 0.3) is 0 Å². The third-order valence-electron chi connectivity index (χ3n) is 3.61. The van der Waals surface area contributed by atoms with Crippen molar-refractivity contribution in [1.29, 1.82) is 0 Å². The van der Waals surface area contributed by atoms with Crippen molar-refractivity contribution < 1.29 is 9.47 Å². The Labute approximate surface area is 106 Å². The van der Waals surface area contributed by atoms with E-state index in [1.807, 2.05) is 12.1 Å². The van der Waals surface area contributed by atoms with Gasteiger partial charge < -0.3 is 15.2 Å². The van der Waals surface area contributed by atoms with Gasteiger partial charge in [-0.15, -0.1) is 0 Å². The second-order valence-corrected chi connectivity index (χ2v) is 5.17. The fraction of sp³-hybridized carbons (Fsp3) is 0.538. The molecular formula is C13H16ClNO2. The van der Waals surface area contributed by atoms with Crippen molar-refractivity contribution in [3.05, 3.63) is 28.3 Å². The van der Waals surface area contributed by atoms with Gasteiger partial charge in [0.05, 0.1) is 13.2 Å². The minimum absolute atomic E-state index is 0.0388. The lowest BCUT2D eigenvalue weighted by atomic mass is 9.91. The van der Waals surface area contributed by atoms with E-state index in [0.717, 1.165) is 49.0 Å². The molecule has 1 fully saturated rings. The average Bonchev–Trinajstić information content (AvgIpc) is 2.97. The number of hydrogen-bond acceptors (Lipinski definition) is 3. The molecule has 92 valence electrons. The van der Waals surface area contributed by atoms with Crippen LogP contribution in [0.5, 0.6) is 5.75 Å². The Kier molecular flexibility index (Phi) is 2.99. The molecule has 2 aliphatic heterocycles. The van der Waals surface area contributed by atoms with Crippen molar-refractivity contribution in [1.82, 2.24) is 0 Å². The molecule has 3 nitrogen and oxygen atoms in total. The summed E-state index contributed by atoms with van der Waals surface area (Å²) in [7, 11) is 0. The van der Waals surface area contributed by atoms with Gasteiger partial charge in [-0.3, -0.25) is 0 Å². The second-order valence-electron chi connectivity index (χ2n) is 4.73. The van der Waals surface area contributed by atoms with E-state index in [1.165, 1.54) is 5.56 Å². The SMILES string of the molecule is NC(c1cc(Cl)cc2c1OCC2)C1CCOC1. The van der Waals surface area contributed by atoms with Crippen LogP contribution in [0.4, 0.5) is 0 Å². The first-order chi connectivity index (χ1) is 8.25. The van der Waals surface area contributed by atoms with Crippen LogP contribution in [-0.2, 0) is 11.2 Å². The summed E-state index contributed by atoms with van der Waals surface area (Å²) in [5.41, 5.74) is 8.55. The fourth-order valence-corrected chi connectivity index (χ4v) is 2.88. The van der Waals surface area contributed by atoms with Crippen molar-refractivity contribution in [2.45, 2.75) is 18.9 Å². The van der Waals surface area contributed by atoms with E-state index in [1.54, 1.807) is 0 Å². The normalized spacial score (nSPS) is 24.5. The van der Waals surface area contributed by atoms with Gasteiger partial charge in [0.1, 0.15) is 5.75 Å². The van der Waals surface area contributed by atoms with Crippen molar-refractivity contribution in [2.75, 3.05) is 19.8 Å². The van der Waals surface area contributed by atoms with E-state index in [0.29, 0.717) is 5.92 Å². The molecular weight excluding hydrogens is 238 g/mol. The van der Waals surface area contributed by atoms with Crippen LogP contribution in [0.25, 0.3) is 0 Å². The first-order valence-corrected chi connectivity index (χ1v) is 6.42. The first kappa shape index (κ1) is 11.3. The van der Waals surface area contributed by atoms with Gasteiger partial charge in [0, 0.05) is 35.6 Å². The zero-order chi connectivity index (χ0) is 11.8. The molecule has 0 aliphatic carbocycles. The lowest BCUT2D eigenvalue weighted by molar-refractivity contribution is 0.180. The number of ether oxygens (including phenoxy) is 2. The maximum Gasteiger partial charge on any atom is 0.127 e. The number of halogens is 1. The van der Waals surface area contributed by atoms with Gasteiger partial charge in [0.15, 0.2) is 0 Å². The molecule has 17 heavy (non-hydrogen) atoms. The van der Waals surface area contributed by atoms with Gasteiger partial charge in [-0.25, -0.2) is 0 Å². The van der Waals surface area contributed by atoms with Crippen molar-refractivity contribution in [3.8, 4) is 5.75 Å². The van der Waals surface area contributed by atoms with Crippen molar-refractivity contribution in [3.63, 3.8) is 0 Å². The highest BCUT2D eigenvalue weighted by atomic mass is 35.5. The summed E-state index contributed by atoms with van der Waals surface area (Å²) in [4.78, 5) is 0. The van der Waals surface area contributed by atoms with Crippen molar-refractivity contribution in [2.24, 2.45) is 11.7 Å². The predicted octanol–water partition coefficient (Wildman–Crippen LogP) is 2.31. The molecule has 0 bridgehead atoms. The molecule has 2 N–H and O–H groups in total. The molecule has 0 amide bonds. The Morgan fingerprint density at radius 2 is 2.24 bits per heavy atom. The minimum atomic E-state index is -0.0388. The van der Waals surface area contributed by atoms with Crippen LogP contribution in [0.1, 0.15) is 23.6 Å². The van der Waals surface area contributed by atoms with Crippen LogP contribution in [0.3, 0.4) is 0 Å². The molecule has 3 rings (SSSR count). The highest BCUT2D eigenvalue weighted by Gasteiger charge is 2.29. The number of fused-ring (bicyclic) bond motifs is 1. The highest BCUT2D eigenvalue weighted by molar-refractivity contribution is 6.30. The number of hydrogen-bond donors (Lipinski definition) is 1. The maximum atomic E-state index is 6.32. The smallest absolute Gasteiger partial charge is 0.127 e. The molecule has 0 saturated carbocycles. The maximum absolute atomic E-state index is 6.32. The summed E-state index contributed by atoms with van der Waals surface area (Å²) < 4.78 is 11.1. The molecule has 0 aromatic heterocycles. The van der Waals surface area contributed by atoms with E-state index >= 15 is 0 Å². The van der Waals surface area contributed by atoms with Crippen LogP contribution in [0.15, 0.2) is 12.1 Å². The summed E-state index contributed by atoms with van der Waals surface area (Å²) in [5, 5.41) is 0.749. The zero-order valence-electron chi connectivity index (χ0n) is 9.62. The summed E-state index contributed by atoms with van der Waals surface area (Å²) in [5.74, 6) is 1.33. The summed E-state index contributed by atoms with van der Waals surface area (Å²) in [6.07, 6.45) is 1.94. The Balaban J connectivity index is 1.96. The Morgan fingerprint density at radius 1 is 1.35 bits per heavy atom. The molecule has 0 radical (unpaired) electrons. The van der Waals surface area contributed by atoms with Gasteiger partial charge in [-0.1, -0.05) is 11.6 Å². The Bertz CT molecular complexity index is 430. The van der Waals surface area contributed by atoms with Gasteiger partial charge in [-0.2, -0.15) is 0 Å². The summed E-state index contributed by atoms with van der Waals surface area (Å²) in [6, 6.07) is 3.88. The molecule has 4 heteroatoms. The van der Waals surface area contributed by atoms with E-state index in [4.69, 9.17) is 26.8 Å². The number of benzene rings is 1. The zero-order valence-corrected chi connectivity index (χ0v) is 10.4. The predicted molar refractivity (Wildman–Crippen MR) is 66.5 cm³/mol. The molecule has 2 unspecified atom stereocenters. The summed E-state index contributed by atoms with van der Waals surface area (Å²) in [6.45, 7) is 2.28. The topological polar surface area (TPSA) is 44.5 Å². The summed E-state index contributed by atoms with van der Waals surface area (Å²) >= 11 is 6.14. The van der Waals surface area contributed by atoms with Crippen molar-refractivity contribution >= 4 is 11.6 Å². The third-order valence-corrected chi connectivity index (χ3v) is 3.83. The molecule has 1 saturated heterocycles. The minimum Gasteiger partial charge on any atom is -0.493 e. The molecule has 2 atom stereocenters. The van der Waals surface area contributed by atoms with Crippen LogP contribution >= 0.6 is 11.6 Å². The number of rotatable bonds is 2. The largest absolute Gasteiger partial charge is 0.493 e. The fourth-order valence-electron chi connectivity index (χ4n) is 2.64. The molecule has 2 heterocycles. The molecule has 2 aliphatic rings. The van der Waals surface area contributed by atoms with Crippen LogP contribution in [0.2, 0.25) is 5.02 Å². The molecule has 1 aromatic rings. The van der Waals surface area contributed by atoms with E-state index in [-0.39, 0.29) is 6.04 Å². The first-order valence-electron chi connectivity index (χ1n) is 6.04. The van der Waals surface area contributed by atoms with Gasteiger partial charge in [0.2, 0.25) is 0 Å². The number of nitrogens with two attached hydrogens (primary N) is 1. The third kappa shape index (κ3) is 2.03. The second kappa shape index (κ2) is 4.48. The molecule has 1 aromatic carbocycles. The quantitative estimate of drug-likeness (QED) is 0.880. The molecule has 0 spiro atoms. The van der Waals surface area contributed by atoms with Crippen LogP contribution in [-0.4, -0.2) is 19.8 Å². The monoisotopic (exact) mass is 253 g/mol. The lowest BCUT2D eigenvalue weighted by Gasteiger charge is -2.20. The average molecular weight is 254 g/mol. The van der Waals surface area contributed by atoms with Crippen LogP contribution in [0, 0.1) is 5.92 Å². The van der Waals surface area contributed by atoms with E-state index < -0.39 is 0 Å². The lowest BCUT2D eigenvalue weighted by Crippen LogP contribution is -2.22. The Morgan fingerprint density at radius 3 is 3.00 bits per heavy atom. The Hall–Kier alpha value is -0.770. The van der Waals surface area contributed by atoms with Crippen LogP contribution < -0.4 is 10.5 Å². The standard InChI is InChI=1S/C13H16ClNO2/c14-10-5-8-2-4-17-13(8)11(6-10)12(15)9-1-3-16-7-9/h5-6,9,12H,1-4,7,15H2. The van der Waals surface area contributed by atoms with Gasteiger partial charge >= 0.3 is 0 Å². The highest BCUT2D eigenvalue weighted by Crippen LogP contribution is 2.39. The van der Waals surface area contributed by atoms with E-state index in [2.05, 4.69) is 0 Å².